The van der Waals surface area contributed by atoms with Crippen LogP contribution in [0.2, 0.25) is 5.02 Å². The minimum Gasteiger partial charge on any atom is -0.483 e. The lowest BCUT2D eigenvalue weighted by atomic mass is 10.1. The van der Waals surface area contributed by atoms with Crippen LogP contribution >= 0.6 is 11.6 Å². The molecule has 144 valence electrons. The van der Waals surface area contributed by atoms with Gasteiger partial charge >= 0.3 is 0 Å². The van der Waals surface area contributed by atoms with E-state index in [0.717, 1.165) is 22.3 Å². The first-order valence-corrected chi connectivity index (χ1v) is 9.19. The number of carbonyl (C=O) groups excluding carboxylic acids is 1. The molecule has 1 N–H and O–H groups in total. The summed E-state index contributed by atoms with van der Waals surface area (Å²) in [7, 11) is 0. The van der Waals surface area contributed by atoms with Crippen LogP contribution in [0, 0.1) is 20.8 Å². The number of para-hydroxylation sites is 1. The number of halogens is 1. The number of ether oxygens (including phenoxy) is 1. The maximum atomic E-state index is 11.9. The number of hydrogen-bond donors (Lipinski definition) is 1. The van der Waals surface area contributed by atoms with Crippen LogP contribution in [0.4, 0.5) is 0 Å². The second kappa shape index (κ2) is 8.76. The number of aryl methyl sites for hydroxylation is 3. The van der Waals surface area contributed by atoms with E-state index < -0.39 is 0 Å². The molecule has 0 saturated carbocycles. The molecule has 0 unspecified atom stereocenters. The number of furan rings is 1. The van der Waals surface area contributed by atoms with Gasteiger partial charge in [0.05, 0.1) is 6.21 Å². The van der Waals surface area contributed by atoms with Gasteiger partial charge in [-0.1, -0.05) is 41.9 Å². The van der Waals surface area contributed by atoms with Crippen LogP contribution in [0.25, 0.3) is 11.3 Å². The Morgan fingerprint density at radius 3 is 2.57 bits per heavy atom. The van der Waals surface area contributed by atoms with Crippen molar-refractivity contribution < 1.29 is 13.9 Å². The minimum atomic E-state index is -0.351. The normalized spacial score (nSPS) is 11.0. The van der Waals surface area contributed by atoms with Crippen LogP contribution < -0.4 is 10.2 Å². The van der Waals surface area contributed by atoms with Crippen molar-refractivity contribution in [3.63, 3.8) is 0 Å². The van der Waals surface area contributed by atoms with Crippen molar-refractivity contribution in [1.29, 1.82) is 0 Å². The van der Waals surface area contributed by atoms with Gasteiger partial charge in [-0.15, -0.1) is 0 Å². The van der Waals surface area contributed by atoms with Crippen LogP contribution in [-0.2, 0) is 4.79 Å². The summed E-state index contributed by atoms with van der Waals surface area (Å²) in [4.78, 5) is 11.9. The summed E-state index contributed by atoms with van der Waals surface area (Å²) in [6, 6.07) is 15.1. The highest BCUT2D eigenvalue weighted by Crippen LogP contribution is 2.26. The maximum absolute atomic E-state index is 11.9. The Bertz CT molecular complexity index is 1000. The van der Waals surface area contributed by atoms with Gasteiger partial charge in [0, 0.05) is 10.6 Å². The van der Waals surface area contributed by atoms with E-state index in [9.17, 15) is 4.79 Å². The van der Waals surface area contributed by atoms with Crippen molar-refractivity contribution in [1.82, 2.24) is 5.43 Å². The highest BCUT2D eigenvalue weighted by atomic mass is 35.5. The predicted octanol–water partition coefficient (Wildman–Crippen LogP) is 5.05. The molecule has 0 bridgehead atoms. The molecule has 3 rings (SSSR count). The van der Waals surface area contributed by atoms with Crippen molar-refractivity contribution in [2.75, 3.05) is 6.61 Å². The maximum Gasteiger partial charge on any atom is 0.277 e. The van der Waals surface area contributed by atoms with Gasteiger partial charge in [-0.25, -0.2) is 5.43 Å². The van der Waals surface area contributed by atoms with Gasteiger partial charge in [0.1, 0.15) is 17.3 Å². The third kappa shape index (κ3) is 4.81. The van der Waals surface area contributed by atoms with Crippen LogP contribution in [0.1, 0.15) is 22.5 Å². The van der Waals surface area contributed by atoms with Crippen molar-refractivity contribution in [3.05, 3.63) is 76.0 Å². The fourth-order valence-electron chi connectivity index (χ4n) is 2.69. The summed E-state index contributed by atoms with van der Waals surface area (Å²) in [6.45, 7) is 5.70. The van der Waals surface area contributed by atoms with E-state index in [1.807, 2.05) is 63.2 Å². The quantitative estimate of drug-likeness (QED) is 0.468. The molecular formula is C22H21ClN2O3. The molecule has 28 heavy (non-hydrogen) atoms. The second-order valence-electron chi connectivity index (χ2n) is 6.47. The first-order chi connectivity index (χ1) is 13.4. The summed E-state index contributed by atoms with van der Waals surface area (Å²) in [6.07, 6.45) is 1.44. The van der Waals surface area contributed by atoms with Crippen molar-refractivity contribution >= 4 is 23.7 Å². The number of nitrogens with zero attached hydrogens (tertiary/aromatic N) is 1. The number of amides is 1. The van der Waals surface area contributed by atoms with Crippen LogP contribution in [0.3, 0.4) is 0 Å². The third-order valence-electron chi connectivity index (χ3n) is 4.22. The average Bonchev–Trinajstić information content (AvgIpc) is 3.12. The molecule has 0 saturated heterocycles. The van der Waals surface area contributed by atoms with E-state index in [-0.39, 0.29) is 12.5 Å². The van der Waals surface area contributed by atoms with Gasteiger partial charge in [0.15, 0.2) is 6.61 Å². The largest absolute Gasteiger partial charge is 0.483 e. The monoisotopic (exact) mass is 396 g/mol. The summed E-state index contributed by atoms with van der Waals surface area (Å²) < 4.78 is 11.3. The SMILES string of the molecule is Cc1ccc(-c2ccc(C=NNC(=O)COc3c(C)cccc3C)o2)cc1Cl. The molecule has 0 aliphatic heterocycles. The molecule has 1 heterocycles. The Morgan fingerprint density at radius 1 is 1.11 bits per heavy atom. The van der Waals surface area contributed by atoms with E-state index >= 15 is 0 Å². The number of carbonyl (C=O) groups is 1. The van der Waals surface area contributed by atoms with Gasteiger partial charge in [0.25, 0.3) is 5.91 Å². The van der Waals surface area contributed by atoms with Gasteiger partial charge in [0.2, 0.25) is 0 Å². The third-order valence-corrected chi connectivity index (χ3v) is 4.63. The minimum absolute atomic E-state index is 0.117. The lowest BCUT2D eigenvalue weighted by Crippen LogP contribution is -2.24. The zero-order valence-electron chi connectivity index (χ0n) is 16.0. The average molecular weight is 397 g/mol. The molecule has 0 spiro atoms. The Balaban J connectivity index is 1.55. The standard InChI is InChI=1S/C22H21ClN2O3/c1-14-7-8-17(11-19(14)23)20-10-9-18(28-20)12-24-25-21(26)13-27-22-15(2)5-4-6-16(22)3/h4-12H,13H2,1-3H3,(H,25,26). The summed E-state index contributed by atoms with van der Waals surface area (Å²) in [5.74, 6) is 1.56. The Hall–Kier alpha value is -3.05. The number of rotatable bonds is 6. The zero-order chi connectivity index (χ0) is 20.1. The summed E-state index contributed by atoms with van der Waals surface area (Å²) in [5, 5.41) is 4.59. The van der Waals surface area contributed by atoms with Crippen molar-refractivity contribution in [3.8, 4) is 17.1 Å². The lowest BCUT2D eigenvalue weighted by Gasteiger charge is -2.10. The molecule has 2 aromatic carbocycles. The molecule has 0 radical (unpaired) electrons. The van der Waals surface area contributed by atoms with Crippen molar-refractivity contribution in [2.45, 2.75) is 20.8 Å². The first kappa shape index (κ1) is 19.7. The smallest absolute Gasteiger partial charge is 0.277 e. The first-order valence-electron chi connectivity index (χ1n) is 8.81. The number of nitrogens with one attached hydrogen (secondary N) is 1. The Morgan fingerprint density at radius 2 is 1.86 bits per heavy atom. The van der Waals surface area contributed by atoms with Gasteiger partial charge < -0.3 is 9.15 Å². The Labute approximate surface area is 169 Å². The van der Waals surface area contributed by atoms with Crippen LogP contribution in [-0.4, -0.2) is 18.7 Å². The molecule has 0 aliphatic carbocycles. The molecule has 3 aromatic rings. The molecule has 0 fully saturated rings. The highest BCUT2D eigenvalue weighted by molar-refractivity contribution is 6.31. The number of benzene rings is 2. The fourth-order valence-corrected chi connectivity index (χ4v) is 2.87. The van der Waals surface area contributed by atoms with E-state index in [1.165, 1.54) is 6.21 Å². The summed E-state index contributed by atoms with van der Waals surface area (Å²) >= 11 is 6.16. The van der Waals surface area contributed by atoms with E-state index in [2.05, 4.69) is 10.5 Å². The topological polar surface area (TPSA) is 63.8 Å². The second-order valence-corrected chi connectivity index (χ2v) is 6.88. The van der Waals surface area contributed by atoms with E-state index in [0.29, 0.717) is 22.3 Å². The van der Waals surface area contributed by atoms with Crippen LogP contribution in [0.5, 0.6) is 5.75 Å². The Kier molecular flexibility index (Phi) is 6.16. The van der Waals surface area contributed by atoms with Crippen molar-refractivity contribution in [2.24, 2.45) is 5.10 Å². The summed E-state index contributed by atoms with van der Waals surface area (Å²) in [5.41, 5.74) is 6.27. The molecule has 6 heteroatoms. The predicted molar refractivity (Wildman–Crippen MR) is 111 cm³/mol. The molecule has 5 nitrogen and oxygen atoms in total. The van der Waals surface area contributed by atoms with E-state index in [4.69, 9.17) is 20.8 Å². The lowest BCUT2D eigenvalue weighted by molar-refractivity contribution is -0.123. The zero-order valence-corrected chi connectivity index (χ0v) is 16.7. The fraction of sp³-hybridized carbons (Fsp3) is 0.182. The highest BCUT2D eigenvalue weighted by Gasteiger charge is 2.08. The molecule has 1 amide bonds. The van der Waals surface area contributed by atoms with Gasteiger partial charge in [-0.05, 0) is 55.7 Å². The molecule has 1 aromatic heterocycles. The molecule has 0 atom stereocenters. The molecular weight excluding hydrogens is 376 g/mol. The number of hydrazone groups is 1. The van der Waals surface area contributed by atoms with Gasteiger partial charge in [-0.3, -0.25) is 4.79 Å². The van der Waals surface area contributed by atoms with E-state index in [1.54, 1.807) is 6.07 Å². The van der Waals surface area contributed by atoms with Crippen LogP contribution in [0.15, 0.2) is 58.0 Å². The molecule has 0 aliphatic rings. The number of hydrogen-bond acceptors (Lipinski definition) is 4. The van der Waals surface area contributed by atoms with Gasteiger partial charge in [-0.2, -0.15) is 5.10 Å².